The predicted octanol–water partition coefficient (Wildman–Crippen LogP) is 12.2. The second kappa shape index (κ2) is 37.3. The molecule has 0 spiro atoms. The molecule has 0 aliphatic rings. The van der Waals surface area contributed by atoms with Crippen LogP contribution in [0.4, 0.5) is 0 Å². The van der Waals surface area contributed by atoms with Gasteiger partial charge in [-0.2, -0.15) is 0 Å². The van der Waals surface area contributed by atoms with Crippen molar-refractivity contribution in [2.24, 2.45) is 0 Å². The highest BCUT2D eigenvalue weighted by Gasteiger charge is 2.23. The average Bonchev–Trinajstić information content (AvgIpc) is 3.05. The minimum Gasteiger partial charge on any atom is -0.462 e. The molecule has 0 bridgehead atoms. The molecule has 2 atom stereocenters. The smallest absolute Gasteiger partial charge is 0.462 e. The number of carbonyl (C=O) groups is 2. The van der Waals surface area contributed by atoms with Gasteiger partial charge in [-0.1, -0.05) is 141 Å². The van der Waals surface area contributed by atoms with Gasteiger partial charge < -0.3 is 9.47 Å². The zero-order valence-corrected chi connectivity index (χ0v) is 31.3. The first-order chi connectivity index (χ1) is 23.0. The van der Waals surface area contributed by atoms with E-state index in [1.54, 1.807) is 0 Å². The van der Waals surface area contributed by atoms with Gasteiger partial charge in [0.1, 0.15) is 13.2 Å². The Labute approximate surface area is 290 Å². The lowest BCUT2D eigenvalue weighted by molar-refractivity contribution is -0.161. The van der Waals surface area contributed by atoms with Gasteiger partial charge >= 0.3 is 20.2 Å². The molecule has 0 aliphatic carbocycles. The molecule has 0 rings (SSSR count). The van der Waals surface area contributed by atoms with E-state index in [0.29, 0.717) is 6.42 Å². The summed E-state index contributed by atoms with van der Waals surface area (Å²) < 4.78 is 26.4. The van der Waals surface area contributed by atoms with Crippen molar-refractivity contribution in [3.8, 4) is 0 Å². The summed E-state index contributed by atoms with van der Waals surface area (Å²) in [6, 6.07) is 0. The van der Waals surface area contributed by atoms with Gasteiger partial charge in [-0.25, -0.2) is 0 Å². The molecule has 1 N–H and O–H groups in total. The van der Waals surface area contributed by atoms with Gasteiger partial charge in [0.05, 0.1) is 0 Å². The van der Waals surface area contributed by atoms with Crippen molar-refractivity contribution in [2.45, 2.75) is 200 Å². The van der Waals surface area contributed by atoms with E-state index in [1.807, 2.05) is 0 Å². The third-order valence-corrected chi connectivity index (χ3v) is 8.75. The Kier molecular flexibility index (Phi) is 36.0. The van der Waals surface area contributed by atoms with Crippen molar-refractivity contribution < 1.29 is 33.0 Å². The molecule has 0 saturated carbocycles. The maximum absolute atomic E-state index is 12.3. The lowest BCUT2D eigenvalue weighted by Crippen LogP contribution is -2.29. The summed E-state index contributed by atoms with van der Waals surface area (Å²) in [6.45, 7) is 4.04. The largest absolute Gasteiger partial charge is 0.694 e. The van der Waals surface area contributed by atoms with Gasteiger partial charge in [-0.3, -0.25) is 9.59 Å². The molecule has 8 heteroatoms. The highest BCUT2D eigenvalue weighted by Crippen LogP contribution is 2.17. The van der Waals surface area contributed by atoms with Gasteiger partial charge in [-0.05, 0) is 64.2 Å². The van der Waals surface area contributed by atoms with E-state index in [2.05, 4.69) is 38.2 Å². The standard InChI is InChI=1S/C39H71O7P/c1-3-5-7-9-11-13-15-17-19-21-23-25-27-29-31-33-38(40)44-35-37(36-45-47(42)43)46-39(41)34-32-30-28-26-24-22-20-18-16-14-12-10-8-6-4-2/h17-20,37H,3-16,21-36H2,1-2H3/p+1/b19-17-,20-18-/t37-/m1/s1. The molecule has 0 radical (unpaired) electrons. The summed E-state index contributed by atoms with van der Waals surface area (Å²) in [5.41, 5.74) is 0. The highest BCUT2D eigenvalue weighted by molar-refractivity contribution is 7.32. The van der Waals surface area contributed by atoms with Crippen LogP contribution in [-0.2, 0) is 28.2 Å². The molecule has 0 aromatic rings. The van der Waals surface area contributed by atoms with Crippen LogP contribution in [0.2, 0.25) is 0 Å². The highest BCUT2D eigenvalue weighted by atomic mass is 31.1. The first-order valence-electron chi connectivity index (χ1n) is 19.4. The van der Waals surface area contributed by atoms with Crippen LogP contribution < -0.4 is 0 Å². The van der Waals surface area contributed by atoms with Gasteiger partial charge in [0, 0.05) is 17.4 Å². The second-order valence-electron chi connectivity index (χ2n) is 13.0. The Morgan fingerprint density at radius 3 is 1.30 bits per heavy atom. The second-order valence-corrected chi connectivity index (χ2v) is 13.7. The zero-order chi connectivity index (χ0) is 34.5. The molecule has 0 amide bonds. The maximum atomic E-state index is 12.3. The first kappa shape index (κ1) is 45.4. The number of hydrogen-bond acceptors (Lipinski definition) is 6. The van der Waals surface area contributed by atoms with E-state index in [0.717, 1.165) is 64.2 Å². The van der Waals surface area contributed by atoms with Crippen molar-refractivity contribution in [1.29, 1.82) is 0 Å². The van der Waals surface area contributed by atoms with Gasteiger partial charge in [0.25, 0.3) is 0 Å². The van der Waals surface area contributed by atoms with Crippen LogP contribution >= 0.6 is 8.25 Å². The molecule has 47 heavy (non-hydrogen) atoms. The zero-order valence-electron chi connectivity index (χ0n) is 30.4. The number of allylic oxidation sites excluding steroid dienone is 4. The number of carbonyl (C=O) groups excluding carboxylic acids is 2. The Morgan fingerprint density at radius 2 is 0.894 bits per heavy atom. The van der Waals surface area contributed by atoms with Crippen LogP contribution in [0.5, 0.6) is 0 Å². The van der Waals surface area contributed by atoms with Crippen molar-refractivity contribution >= 4 is 20.2 Å². The monoisotopic (exact) mass is 684 g/mol. The minimum absolute atomic E-state index is 0.175. The maximum Gasteiger partial charge on any atom is 0.694 e. The summed E-state index contributed by atoms with van der Waals surface area (Å²) in [6.07, 6.45) is 39.8. The Bertz CT molecular complexity index is 783. The van der Waals surface area contributed by atoms with E-state index in [1.165, 1.54) is 103 Å². The van der Waals surface area contributed by atoms with Crippen molar-refractivity contribution in [3.05, 3.63) is 24.3 Å². The van der Waals surface area contributed by atoms with Crippen LogP contribution in [0.25, 0.3) is 0 Å². The topological polar surface area (TPSA) is 99.1 Å². The molecule has 1 unspecified atom stereocenters. The summed E-state index contributed by atoms with van der Waals surface area (Å²) in [5, 5.41) is 0. The lowest BCUT2D eigenvalue weighted by atomic mass is 10.1. The summed E-state index contributed by atoms with van der Waals surface area (Å²) in [5.74, 6) is -0.757. The van der Waals surface area contributed by atoms with Crippen molar-refractivity contribution in [2.75, 3.05) is 13.2 Å². The van der Waals surface area contributed by atoms with Crippen LogP contribution in [0.1, 0.15) is 194 Å². The van der Waals surface area contributed by atoms with Crippen molar-refractivity contribution in [1.82, 2.24) is 0 Å². The Hall–Kier alpha value is -1.56. The van der Waals surface area contributed by atoms with E-state index in [9.17, 15) is 14.2 Å². The number of esters is 2. The SMILES string of the molecule is CCCCCCCC/C=C\CCCCCCCC(=O)OC[C@H](CO[P+](=O)O)OC(=O)CCCCCCC/C=C\CCCCCCCC. The Morgan fingerprint density at radius 1 is 0.532 bits per heavy atom. The number of rotatable bonds is 36. The fourth-order valence-electron chi connectivity index (χ4n) is 5.45. The van der Waals surface area contributed by atoms with Crippen LogP contribution in [0.3, 0.4) is 0 Å². The van der Waals surface area contributed by atoms with Crippen LogP contribution in [0, 0.1) is 0 Å². The quantitative estimate of drug-likeness (QED) is 0.0304. The third kappa shape index (κ3) is 37.1. The van der Waals surface area contributed by atoms with Crippen LogP contribution in [0.15, 0.2) is 24.3 Å². The first-order valence-corrected chi connectivity index (χ1v) is 20.6. The summed E-state index contributed by atoms with van der Waals surface area (Å²) in [7, 11) is -2.83. The molecule has 0 aliphatic heterocycles. The fourth-order valence-corrected chi connectivity index (χ4v) is 5.74. The van der Waals surface area contributed by atoms with E-state index < -0.39 is 20.3 Å². The molecule has 7 nitrogen and oxygen atoms in total. The van der Waals surface area contributed by atoms with Gasteiger partial charge in [-0.15, -0.1) is 9.42 Å². The van der Waals surface area contributed by atoms with Crippen LogP contribution in [-0.4, -0.2) is 36.1 Å². The molecule has 0 fully saturated rings. The summed E-state index contributed by atoms with van der Waals surface area (Å²) >= 11 is 0. The molecule has 0 heterocycles. The number of hydrogen-bond donors (Lipinski definition) is 1. The predicted molar refractivity (Wildman–Crippen MR) is 196 cm³/mol. The third-order valence-electron chi connectivity index (χ3n) is 8.38. The molecular formula is C39H72O7P+. The van der Waals surface area contributed by atoms with Gasteiger partial charge in [0.2, 0.25) is 0 Å². The van der Waals surface area contributed by atoms with Gasteiger partial charge in [0.15, 0.2) is 6.10 Å². The Balaban J connectivity index is 3.87. The molecule has 274 valence electrons. The fraction of sp³-hybridized carbons (Fsp3) is 0.846. The average molecular weight is 684 g/mol. The lowest BCUT2D eigenvalue weighted by Gasteiger charge is -2.15. The summed E-state index contributed by atoms with van der Waals surface area (Å²) in [4.78, 5) is 33.5. The molecular weight excluding hydrogens is 611 g/mol. The van der Waals surface area contributed by atoms with Crippen molar-refractivity contribution in [3.63, 3.8) is 0 Å². The molecule has 0 aromatic heterocycles. The van der Waals surface area contributed by atoms with E-state index in [-0.39, 0.29) is 25.6 Å². The number of ether oxygens (including phenoxy) is 2. The van der Waals surface area contributed by atoms with E-state index in [4.69, 9.17) is 18.9 Å². The minimum atomic E-state index is -2.83. The normalized spacial score (nSPS) is 12.6. The molecule has 0 saturated heterocycles. The number of unbranched alkanes of at least 4 members (excludes halogenated alkanes) is 22. The van der Waals surface area contributed by atoms with E-state index >= 15 is 0 Å². The molecule has 0 aromatic carbocycles.